The SMILES string of the molecule is COCCSCCCn1ccc(N)n1. The Kier molecular flexibility index (Phi) is 5.47. The van der Waals surface area contributed by atoms with Crippen LogP contribution in [0, 0.1) is 0 Å². The molecule has 0 aliphatic carbocycles. The molecule has 1 aromatic rings. The fraction of sp³-hybridized carbons (Fsp3) is 0.667. The van der Waals surface area contributed by atoms with E-state index in [0.29, 0.717) is 5.82 Å². The third-order valence-corrected chi connectivity index (χ3v) is 2.80. The maximum Gasteiger partial charge on any atom is 0.145 e. The van der Waals surface area contributed by atoms with E-state index in [4.69, 9.17) is 10.5 Å². The molecule has 0 unspecified atom stereocenters. The van der Waals surface area contributed by atoms with E-state index < -0.39 is 0 Å². The molecule has 0 spiro atoms. The molecule has 0 saturated carbocycles. The van der Waals surface area contributed by atoms with Crippen LogP contribution >= 0.6 is 11.8 Å². The van der Waals surface area contributed by atoms with Gasteiger partial charge in [0.25, 0.3) is 0 Å². The van der Waals surface area contributed by atoms with Crippen molar-refractivity contribution >= 4 is 17.6 Å². The number of hydrogen-bond donors (Lipinski definition) is 1. The number of nitrogens with two attached hydrogens (primary N) is 1. The van der Waals surface area contributed by atoms with Gasteiger partial charge in [0.05, 0.1) is 6.61 Å². The lowest BCUT2D eigenvalue weighted by Gasteiger charge is -2.01. The van der Waals surface area contributed by atoms with Crippen LogP contribution < -0.4 is 5.73 Å². The van der Waals surface area contributed by atoms with Gasteiger partial charge in [0.2, 0.25) is 0 Å². The second-order valence-corrected chi connectivity index (χ2v) is 4.19. The topological polar surface area (TPSA) is 53.1 Å². The molecule has 14 heavy (non-hydrogen) atoms. The number of nitrogens with zero attached hydrogens (tertiary/aromatic N) is 2. The zero-order valence-corrected chi connectivity index (χ0v) is 9.30. The van der Waals surface area contributed by atoms with E-state index in [1.165, 1.54) is 0 Å². The molecule has 0 aliphatic rings. The third kappa shape index (κ3) is 4.53. The summed E-state index contributed by atoms with van der Waals surface area (Å²) >= 11 is 1.91. The highest BCUT2D eigenvalue weighted by molar-refractivity contribution is 7.99. The highest BCUT2D eigenvalue weighted by Gasteiger charge is 1.94. The van der Waals surface area contributed by atoms with Crippen molar-refractivity contribution < 1.29 is 4.74 Å². The smallest absolute Gasteiger partial charge is 0.145 e. The van der Waals surface area contributed by atoms with Gasteiger partial charge < -0.3 is 10.5 Å². The molecule has 0 fully saturated rings. The molecular formula is C9H17N3OS. The first kappa shape index (κ1) is 11.4. The lowest BCUT2D eigenvalue weighted by molar-refractivity contribution is 0.218. The fourth-order valence-corrected chi connectivity index (χ4v) is 1.90. The first-order chi connectivity index (χ1) is 6.83. The molecule has 0 aliphatic heterocycles. The highest BCUT2D eigenvalue weighted by Crippen LogP contribution is 2.04. The van der Waals surface area contributed by atoms with E-state index in [2.05, 4.69) is 5.10 Å². The Morgan fingerprint density at radius 1 is 1.57 bits per heavy atom. The molecule has 0 bridgehead atoms. The number of thioether (sulfide) groups is 1. The van der Waals surface area contributed by atoms with Gasteiger partial charge in [-0.2, -0.15) is 16.9 Å². The summed E-state index contributed by atoms with van der Waals surface area (Å²) in [6.07, 6.45) is 3.03. The van der Waals surface area contributed by atoms with E-state index in [-0.39, 0.29) is 0 Å². The number of nitrogen functional groups attached to an aromatic ring is 1. The Hall–Kier alpha value is -0.680. The van der Waals surface area contributed by atoms with Gasteiger partial charge in [0.1, 0.15) is 5.82 Å². The third-order valence-electron chi connectivity index (χ3n) is 1.77. The van der Waals surface area contributed by atoms with Gasteiger partial charge in [0.15, 0.2) is 0 Å². The van der Waals surface area contributed by atoms with Gasteiger partial charge in [0, 0.05) is 25.6 Å². The van der Waals surface area contributed by atoms with E-state index in [0.717, 1.165) is 31.1 Å². The summed E-state index contributed by atoms with van der Waals surface area (Å²) in [6, 6.07) is 1.82. The van der Waals surface area contributed by atoms with E-state index in [9.17, 15) is 0 Å². The number of hydrogen-bond acceptors (Lipinski definition) is 4. The predicted molar refractivity (Wildman–Crippen MR) is 60.5 cm³/mol. The van der Waals surface area contributed by atoms with E-state index in [1.54, 1.807) is 7.11 Å². The quantitative estimate of drug-likeness (QED) is 0.695. The summed E-state index contributed by atoms with van der Waals surface area (Å²) in [7, 11) is 1.73. The first-order valence-electron chi connectivity index (χ1n) is 4.68. The van der Waals surface area contributed by atoms with Gasteiger partial charge in [-0.1, -0.05) is 0 Å². The van der Waals surface area contributed by atoms with Crippen LogP contribution in [-0.4, -0.2) is 35.0 Å². The normalized spacial score (nSPS) is 10.6. The van der Waals surface area contributed by atoms with Crippen molar-refractivity contribution in [3.8, 4) is 0 Å². The van der Waals surface area contributed by atoms with E-state index in [1.807, 2.05) is 28.7 Å². The number of ether oxygens (including phenoxy) is 1. The van der Waals surface area contributed by atoms with Crippen LogP contribution in [0.25, 0.3) is 0 Å². The molecule has 5 heteroatoms. The molecule has 0 saturated heterocycles. The van der Waals surface area contributed by atoms with Crippen molar-refractivity contribution in [3.05, 3.63) is 12.3 Å². The Morgan fingerprint density at radius 2 is 2.43 bits per heavy atom. The minimum Gasteiger partial charge on any atom is -0.384 e. The molecule has 0 atom stereocenters. The number of aromatic nitrogens is 2. The van der Waals surface area contributed by atoms with Crippen molar-refractivity contribution in [2.75, 3.05) is 31.0 Å². The largest absolute Gasteiger partial charge is 0.384 e. The lowest BCUT2D eigenvalue weighted by atomic mass is 10.5. The standard InChI is InChI=1S/C9H17N3OS/c1-13-6-8-14-7-2-4-12-5-3-9(10)11-12/h3,5H,2,4,6-8H2,1H3,(H2,10,11). The van der Waals surface area contributed by atoms with E-state index >= 15 is 0 Å². The second kappa shape index (κ2) is 6.73. The fourth-order valence-electron chi connectivity index (χ4n) is 1.07. The minimum absolute atomic E-state index is 0.594. The molecule has 80 valence electrons. The maximum absolute atomic E-state index is 5.49. The van der Waals surface area contributed by atoms with Gasteiger partial charge >= 0.3 is 0 Å². The summed E-state index contributed by atoms with van der Waals surface area (Å²) in [5.74, 6) is 2.80. The van der Waals surface area contributed by atoms with Crippen molar-refractivity contribution in [2.24, 2.45) is 0 Å². The Bertz CT molecular complexity index is 252. The second-order valence-electron chi connectivity index (χ2n) is 2.96. The van der Waals surface area contributed by atoms with Crippen LogP contribution in [0.15, 0.2) is 12.3 Å². The summed E-state index contributed by atoms with van der Waals surface area (Å²) < 4.78 is 6.84. The number of aryl methyl sites for hydroxylation is 1. The summed E-state index contributed by atoms with van der Waals surface area (Å²) in [5.41, 5.74) is 5.49. The average molecular weight is 215 g/mol. The average Bonchev–Trinajstić information content (AvgIpc) is 2.58. The molecule has 1 rings (SSSR count). The molecule has 1 aromatic heterocycles. The molecule has 2 N–H and O–H groups in total. The number of methoxy groups -OCH3 is 1. The molecule has 0 aromatic carbocycles. The molecule has 0 radical (unpaired) electrons. The number of anilines is 1. The number of rotatable bonds is 7. The van der Waals surface area contributed by atoms with Crippen LogP contribution in [0.4, 0.5) is 5.82 Å². The van der Waals surface area contributed by atoms with Crippen molar-refractivity contribution in [1.82, 2.24) is 9.78 Å². The van der Waals surface area contributed by atoms with Crippen LogP contribution in [0.1, 0.15) is 6.42 Å². The predicted octanol–water partition coefficient (Wildman–Crippen LogP) is 1.23. The van der Waals surface area contributed by atoms with Crippen molar-refractivity contribution in [2.45, 2.75) is 13.0 Å². The summed E-state index contributed by atoms with van der Waals surface area (Å²) in [5, 5.41) is 4.11. The summed E-state index contributed by atoms with van der Waals surface area (Å²) in [6.45, 7) is 1.77. The van der Waals surface area contributed by atoms with Crippen molar-refractivity contribution in [3.63, 3.8) is 0 Å². The van der Waals surface area contributed by atoms with Crippen LogP contribution in [-0.2, 0) is 11.3 Å². The summed E-state index contributed by atoms with van der Waals surface area (Å²) in [4.78, 5) is 0. The maximum atomic E-state index is 5.49. The Balaban J connectivity index is 1.99. The Labute approximate surface area is 88.8 Å². The van der Waals surface area contributed by atoms with Crippen molar-refractivity contribution in [1.29, 1.82) is 0 Å². The highest BCUT2D eigenvalue weighted by atomic mass is 32.2. The molecule has 0 amide bonds. The van der Waals surface area contributed by atoms with Gasteiger partial charge in [-0.05, 0) is 18.2 Å². The molecule has 4 nitrogen and oxygen atoms in total. The van der Waals surface area contributed by atoms with Gasteiger partial charge in [-0.3, -0.25) is 4.68 Å². The first-order valence-corrected chi connectivity index (χ1v) is 5.84. The molecule has 1 heterocycles. The lowest BCUT2D eigenvalue weighted by Crippen LogP contribution is -2.01. The zero-order chi connectivity index (χ0) is 10.2. The van der Waals surface area contributed by atoms with Gasteiger partial charge in [-0.25, -0.2) is 0 Å². The molecular weight excluding hydrogens is 198 g/mol. The monoisotopic (exact) mass is 215 g/mol. The van der Waals surface area contributed by atoms with Crippen LogP contribution in [0.2, 0.25) is 0 Å². The zero-order valence-electron chi connectivity index (χ0n) is 8.48. The van der Waals surface area contributed by atoms with Crippen LogP contribution in [0.3, 0.4) is 0 Å². The minimum atomic E-state index is 0.594. The van der Waals surface area contributed by atoms with Crippen LogP contribution in [0.5, 0.6) is 0 Å². The van der Waals surface area contributed by atoms with Gasteiger partial charge in [-0.15, -0.1) is 0 Å². The Morgan fingerprint density at radius 3 is 3.07 bits per heavy atom.